The lowest BCUT2D eigenvalue weighted by Gasteiger charge is -2.22. The van der Waals surface area contributed by atoms with Gasteiger partial charge in [0.15, 0.2) is 0 Å². The van der Waals surface area contributed by atoms with Gasteiger partial charge in [-0.3, -0.25) is 0 Å². The maximum absolute atomic E-state index is 11.3. The number of fused-ring (bicyclic) bond motifs is 1. The van der Waals surface area contributed by atoms with Gasteiger partial charge in [0, 0.05) is 24.0 Å². The number of hydrogen-bond donors (Lipinski definition) is 3. The maximum Gasteiger partial charge on any atom is 0.339 e. The van der Waals surface area contributed by atoms with E-state index in [2.05, 4.69) is 10.3 Å². The van der Waals surface area contributed by atoms with Crippen LogP contribution in [0.15, 0.2) is 30.3 Å². The molecule has 0 saturated carbocycles. The van der Waals surface area contributed by atoms with Gasteiger partial charge < -0.3 is 15.5 Å². The first kappa shape index (κ1) is 14.3. The first-order valence-electron chi connectivity index (χ1n) is 6.41. The highest BCUT2D eigenvalue weighted by Gasteiger charge is 2.19. The molecule has 0 unspecified atom stereocenters. The van der Waals surface area contributed by atoms with Crippen molar-refractivity contribution in [2.45, 2.75) is 13.8 Å². The molecule has 0 radical (unpaired) electrons. The summed E-state index contributed by atoms with van der Waals surface area (Å²) in [6.07, 6.45) is 0. The van der Waals surface area contributed by atoms with Gasteiger partial charge in [-0.1, -0.05) is 32.0 Å². The van der Waals surface area contributed by atoms with Crippen molar-refractivity contribution in [3.8, 4) is 0 Å². The Morgan fingerprint density at radius 3 is 2.70 bits per heavy atom. The Labute approximate surface area is 117 Å². The van der Waals surface area contributed by atoms with Gasteiger partial charge in [-0.15, -0.1) is 0 Å². The predicted octanol–water partition coefficient (Wildman–Crippen LogP) is 2.36. The third kappa shape index (κ3) is 3.05. The molecule has 2 rings (SSSR count). The van der Waals surface area contributed by atoms with Crippen molar-refractivity contribution in [2.75, 3.05) is 18.5 Å². The number of nitrogens with zero attached hydrogens (tertiary/aromatic N) is 1. The summed E-state index contributed by atoms with van der Waals surface area (Å²) in [6, 6.07) is 8.98. The topological polar surface area (TPSA) is 82.5 Å². The van der Waals surface area contributed by atoms with Gasteiger partial charge in [-0.05, 0) is 12.1 Å². The van der Waals surface area contributed by atoms with Gasteiger partial charge in [0.1, 0.15) is 11.4 Å². The number of aliphatic hydroxyl groups is 1. The van der Waals surface area contributed by atoms with Crippen LogP contribution in [0.4, 0.5) is 5.82 Å². The molecule has 20 heavy (non-hydrogen) atoms. The Balaban J connectivity index is 2.39. The van der Waals surface area contributed by atoms with Crippen LogP contribution in [-0.4, -0.2) is 34.3 Å². The third-order valence-corrected chi connectivity index (χ3v) is 3.12. The molecule has 0 bridgehead atoms. The smallest absolute Gasteiger partial charge is 0.339 e. The standard InChI is InChI=1S/C15H18N2O3/c1-15(2,9-18)8-16-13-11(14(19)20)7-10-5-3-4-6-12(10)17-13/h3-7,18H,8-9H2,1-2H3,(H,16,17)(H,19,20). The van der Waals surface area contributed by atoms with Gasteiger partial charge in [0.2, 0.25) is 0 Å². The normalized spacial score (nSPS) is 11.6. The largest absolute Gasteiger partial charge is 0.478 e. The van der Waals surface area contributed by atoms with Gasteiger partial charge in [-0.25, -0.2) is 9.78 Å². The molecule has 3 N–H and O–H groups in total. The average molecular weight is 274 g/mol. The Kier molecular flexibility index (Phi) is 3.90. The van der Waals surface area contributed by atoms with Crippen molar-refractivity contribution in [2.24, 2.45) is 5.41 Å². The number of hydrogen-bond acceptors (Lipinski definition) is 4. The molecular formula is C15H18N2O3. The molecule has 0 spiro atoms. The molecule has 1 heterocycles. The van der Waals surface area contributed by atoms with Crippen LogP contribution in [0.5, 0.6) is 0 Å². The first-order valence-corrected chi connectivity index (χ1v) is 6.41. The van der Waals surface area contributed by atoms with Crippen molar-refractivity contribution in [1.82, 2.24) is 4.98 Å². The minimum atomic E-state index is -1.02. The van der Waals surface area contributed by atoms with Crippen LogP contribution >= 0.6 is 0 Å². The van der Waals surface area contributed by atoms with Crippen LogP contribution in [-0.2, 0) is 0 Å². The monoisotopic (exact) mass is 274 g/mol. The van der Waals surface area contributed by atoms with E-state index < -0.39 is 5.97 Å². The summed E-state index contributed by atoms with van der Waals surface area (Å²) in [5.41, 5.74) is 0.530. The van der Waals surface area contributed by atoms with E-state index in [9.17, 15) is 15.0 Å². The Hall–Kier alpha value is -2.14. The van der Waals surface area contributed by atoms with E-state index in [1.807, 2.05) is 38.1 Å². The second kappa shape index (κ2) is 5.46. The van der Waals surface area contributed by atoms with Gasteiger partial charge in [0.05, 0.1) is 5.52 Å². The number of aromatic carboxylic acids is 1. The van der Waals surface area contributed by atoms with E-state index in [0.717, 1.165) is 10.9 Å². The zero-order valence-electron chi connectivity index (χ0n) is 11.6. The van der Waals surface area contributed by atoms with Crippen LogP contribution in [0.2, 0.25) is 0 Å². The SMILES string of the molecule is CC(C)(CO)CNc1nc2ccccc2cc1C(=O)O. The molecule has 1 aromatic heterocycles. The molecule has 0 saturated heterocycles. The summed E-state index contributed by atoms with van der Waals surface area (Å²) in [7, 11) is 0. The first-order chi connectivity index (χ1) is 9.43. The molecule has 106 valence electrons. The van der Waals surface area contributed by atoms with E-state index in [1.54, 1.807) is 6.07 Å². The van der Waals surface area contributed by atoms with Crippen LogP contribution in [0.25, 0.3) is 10.9 Å². The van der Waals surface area contributed by atoms with Crippen molar-refractivity contribution in [1.29, 1.82) is 0 Å². The minimum Gasteiger partial charge on any atom is -0.478 e. The Morgan fingerprint density at radius 1 is 1.35 bits per heavy atom. The molecule has 0 fully saturated rings. The predicted molar refractivity (Wildman–Crippen MR) is 78.1 cm³/mol. The number of para-hydroxylation sites is 1. The number of carboxylic acids is 1. The van der Waals surface area contributed by atoms with Gasteiger partial charge in [0.25, 0.3) is 0 Å². The van der Waals surface area contributed by atoms with Gasteiger partial charge >= 0.3 is 5.97 Å². The second-order valence-electron chi connectivity index (χ2n) is 5.56. The van der Waals surface area contributed by atoms with Crippen molar-refractivity contribution in [3.63, 3.8) is 0 Å². The highest BCUT2D eigenvalue weighted by Crippen LogP contribution is 2.22. The molecule has 0 aliphatic carbocycles. The molecule has 0 amide bonds. The number of carboxylic acid groups (broad SMARTS) is 1. The van der Waals surface area contributed by atoms with E-state index in [0.29, 0.717) is 12.4 Å². The van der Waals surface area contributed by atoms with Crippen LogP contribution < -0.4 is 5.32 Å². The number of benzene rings is 1. The lowest BCUT2D eigenvalue weighted by Crippen LogP contribution is -2.27. The second-order valence-corrected chi connectivity index (χ2v) is 5.56. The molecule has 0 aliphatic rings. The quantitative estimate of drug-likeness (QED) is 0.779. The fourth-order valence-electron chi connectivity index (χ4n) is 1.79. The van der Waals surface area contributed by atoms with Crippen LogP contribution in [0, 0.1) is 5.41 Å². The third-order valence-electron chi connectivity index (χ3n) is 3.12. The summed E-state index contributed by atoms with van der Waals surface area (Å²) in [5.74, 6) is -0.690. The fourth-order valence-corrected chi connectivity index (χ4v) is 1.79. The van der Waals surface area contributed by atoms with Gasteiger partial charge in [-0.2, -0.15) is 0 Å². The summed E-state index contributed by atoms with van der Waals surface area (Å²) in [6.45, 7) is 4.23. The molecular weight excluding hydrogens is 256 g/mol. The fraction of sp³-hybridized carbons (Fsp3) is 0.333. The van der Waals surface area contributed by atoms with Crippen molar-refractivity contribution >= 4 is 22.7 Å². The number of rotatable bonds is 5. The number of nitrogens with one attached hydrogen (secondary N) is 1. The number of carbonyl (C=O) groups is 1. The zero-order chi connectivity index (χ0) is 14.8. The lowest BCUT2D eigenvalue weighted by atomic mass is 9.95. The van der Waals surface area contributed by atoms with Crippen molar-refractivity contribution in [3.05, 3.63) is 35.9 Å². The molecule has 0 aliphatic heterocycles. The van der Waals surface area contributed by atoms with E-state index in [-0.39, 0.29) is 17.6 Å². The van der Waals surface area contributed by atoms with Crippen molar-refractivity contribution < 1.29 is 15.0 Å². The maximum atomic E-state index is 11.3. The molecule has 5 heteroatoms. The number of aliphatic hydroxyl groups excluding tert-OH is 1. The van der Waals surface area contributed by atoms with E-state index in [4.69, 9.17) is 0 Å². The average Bonchev–Trinajstić information content (AvgIpc) is 2.44. The van der Waals surface area contributed by atoms with Crippen LogP contribution in [0.1, 0.15) is 24.2 Å². The summed E-state index contributed by atoms with van der Waals surface area (Å²) in [4.78, 5) is 15.7. The zero-order valence-corrected chi connectivity index (χ0v) is 11.6. The molecule has 0 atom stereocenters. The summed E-state index contributed by atoms with van der Waals surface area (Å²) >= 11 is 0. The number of anilines is 1. The van der Waals surface area contributed by atoms with E-state index >= 15 is 0 Å². The molecule has 1 aromatic carbocycles. The minimum absolute atomic E-state index is 0.00991. The Morgan fingerprint density at radius 2 is 2.05 bits per heavy atom. The Bertz CT molecular complexity index is 638. The number of pyridine rings is 1. The molecule has 2 aromatic rings. The molecule has 5 nitrogen and oxygen atoms in total. The number of aromatic nitrogens is 1. The summed E-state index contributed by atoms with van der Waals surface area (Å²) in [5, 5.41) is 22.3. The highest BCUT2D eigenvalue weighted by molar-refractivity contribution is 5.98. The van der Waals surface area contributed by atoms with Crippen LogP contribution in [0.3, 0.4) is 0 Å². The lowest BCUT2D eigenvalue weighted by molar-refractivity contribution is 0.0697. The van der Waals surface area contributed by atoms with E-state index in [1.165, 1.54) is 0 Å². The summed E-state index contributed by atoms with van der Waals surface area (Å²) < 4.78 is 0. The highest BCUT2D eigenvalue weighted by atomic mass is 16.4.